The summed E-state index contributed by atoms with van der Waals surface area (Å²) in [6, 6.07) is 0. The van der Waals surface area contributed by atoms with E-state index in [9.17, 15) is 9.36 Å². The summed E-state index contributed by atoms with van der Waals surface area (Å²) in [6.45, 7) is 0.0667. The van der Waals surface area contributed by atoms with Crippen molar-refractivity contribution in [3.63, 3.8) is 0 Å². The van der Waals surface area contributed by atoms with Gasteiger partial charge >= 0.3 is 7.82 Å². The van der Waals surface area contributed by atoms with Crippen LogP contribution < -0.4 is 5.48 Å². The van der Waals surface area contributed by atoms with E-state index in [2.05, 4.69) is 4.52 Å². The molecule has 4 N–H and O–H groups in total. The van der Waals surface area contributed by atoms with Crippen LogP contribution in [0.2, 0.25) is 0 Å². The molecule has 0 saturated carbocycles. The topological polar surface area (TPSA) is 116 Å². The van der Waals surface area contributed by atoms with Crippen LogP contribution >= 0.6 is 7.82 Å². The lowest BCUT2D eigenvalue weighted by Crippen LogP contribution is -2.17. The Labute approximate surface area is 100 Å². The molecule has 7 nitrogen and oxygen atoms in total. The summed E-state index contributed by atoms with van der Waals surface area (Å²) in [5, 5.41) is 8.22. The number of hydrogen-bond donors (Lipinski definition) is 4. The molecule has 0 fully saturated rings. The Balaban J connectivity index is 3.14. The lowest BCUT2D eigenvalue weighted by Gasteiger charge is -2.04. The lowest BCUT2D eigenvalue weighted by molar-refractivity contribution is -0.129. The fourth-order valence-electron chi connectivity index (χ4n) is 1.33. The van der Waals surface area contributed by atoms with E-state index in [-0.39, 0.29) is 12.5 Å². The van der Waals surface area contributed by atoms with Gasteiger partial charge in [-0.05, 0) is 12.8 Å². The van der Waals surface area contributed by atoms with Crippen LogP contribution in [0.15, 0.2) is 0 Å². The standard InChI is InChI=1S/C9H20NO6P/c11-9(10-12)7-5-3-1-2-4-6-8-16-17(13,14)15/h12H,1-8H2,(H,10,11)(H2,13,14,15). The van der Waals surface area contributed by atoms with Crippen LogP contribution in [0.5, 0.6) is 0 Å². The number of carbonyl (C=O) groups is 1. The summed E-state index contributed by atoms with van der Waals surface area (Å²) in [6.07, 6.45) is 5.28. The highest BCUT2D eigenvalue weighted by atomic mass is 31.2. The number of carbonyl (C=O) groups excluding carboxylic acids is 1. The van der Waals surface area contributed by atoms with Gasteiger partial charge in [0.1, 0.15) is 0 Å². The van der Waals surface area contributed by atoms with Gasteiger partial charge in [0.25, 0.3) is 0 Å². The summed E-state index contributed by atoms with van der Waals surface area (Å²) in [5.41, 5.74) is 1.57. The van der Waals surface area contributed by atoms with Crippen molar-refractivity contribution in [2.75, 3.05) is 6.61 Å². The van der Waals surface area contributed by atoms with Gasteiger partial charge in [0.15, 0.2) is 0 Å². The molecule has 0 unspecified atom stereocenters. The molecular formula is C9H20NO6P. The van der Waals surface area contributed by atoms with E-state index in [1.54, 1.807) is 5.48 Å². The number of hydroxylamine groups is 1. The van der Waals surface area contributed by atoms with E-state index in [4.69, 9.17) is 15.0 Å². The first kappa shape index (κ1) is 16.5. The maximum atomic E-state index is 10.6. The monoisotopic (exact) mass is 269 g/mol. The molecule has 0 rings (SSSR count). The van der Waals surface area contributed by atoms with Crippen molar-refractivity contribution < 1.29 is 28.9 Å². The Hall–Kier alpha value is -0.460. The normalized spacial score (nSPS) is 11.5. The number of unbranched alkanes of at least 4 members (excludes halogenated alkanes) is 5. The van der Waals surface area contributed by atoms with Crippen molar-refractivity contribution in [3.8, 4) is 0 Å². The number of phosphoric acid groups is 1. The summed E-state index contributed by atoms with van der Waals surface area (Å²) < 4.78 is 14.6. The fraction of sp³-hybridized carbons (Fsp3) is 0.889. The molecule has 102 valence electrons. The van der Waals surface area contributed by atoms with Gasteiger partial charge in [0.2, 0.25) is 5.91 Å². The Kier molecular flexibility index (Phi) is 9.30. The molecule has 0 bridgehead atoms. The van der Waals surface area contributed by atoms with Crippen LogP contribution in [-0.4, -0.2) is 27.5 Å². The van der Waals surface area contributed by atoms with Gasteiger partial charge in [-0.25, -0.2) is 10.0 Å². The molecular weight excluding hydrogens is 249 g/mol. The first-order chi connectivity index (χ1) is 7.95. The Morgan fingerprint density at radius 2 is 1.59 bits per heavy atom. The Bertz CT molecular complexity index is 254. The highest BCUT2D eigenvalue weighted by Gasteiger charge is 2.12. The van der Waals surface area contributed by atoms with Crippen molar-refractivity contribution in [3.05, 3.63) is 0 Å². The minimum Gasteiger partial charge on any atom is -0.303 e. The zero-order valence-electron chi connectivity index (χ0n) is 9.67. The molecule has 17 heavy (non-hydrogen) atoms. The second-order valence-electron chi connectivity index (χ2n) is 3.73. The number of nitrogens with one attached hydrogen (secondary N) is 1. The predicted octanol–water partition coefficient (Wildman–Crippen LogP) is 1.33. The maximum Gasteiger partial charge on any atom is 0.469 e. The smallest absolute Gasteiger partial charge is 0.303 e. The highest BCUT2D eigenvalue weighted by molar-refractivity contribution is 7.46. The third-order valence-corrected chi connectivity index (χ3v) is 2.70. The molecule has 0 aromatic heterocycles. The van der Waals surface area contributed by atoms with Crippen molar-refractivity contribution in [2.45, 2.75) is 44.9 Å². The Morgan fingerprint density at radius 1 is 1.06 bits per heavy atom. The molecule has 0 aromatic rings. The lowest BCUT2D eigenvalue weighted by atomic mass is 10.1. The van der Waals surface area contributed by atoms with Crippen LogP contribution in [0.25, 0.3) is 0 Å². The average molecular weight is 269 g/mol. The molecule has 0 saturated heterocycles. The molecule has 0 aromatic carbocycles. The first-order valence-electron chi connectivity index (χ1n) is 5.59. The molecule has 0 atom stereocenters. The van der Waals surface area contributed by atoms with Crippen LogP contribution in [0.1, 0.15) is 44.9 Å². The van der Waals surface area contributed by atoms with Gasteiger partial charge in [0.05, 0.1) is 6.61 Å². The number of phosphoric ester groups is 1. The van der Waals surface area contributed by atoms with Gasteiger partial charge in [0, 0.05) is 6.42 Å². The molecule has 0 aliphatic rings. The van der Waals surface area contributed by atoms with Crippen LogP contribution in [0.4, 0.5) is 0 Å². The molecule has 8 heteroatoms. The van der Waals surface area contributed by atoms with Gasteiger partial charge in [-0.15, -0.1) is 0 Å². The molecule has 0 radical (unpaired) electrons. The second-order valence-corrected chi connectivity index (χ2v) is 4.97. The van der Waals surface area contributed by atoms with Crippen molar-refractivity contribution in [1.82, 2.24) is 5.48 Å². The first-order valence-corrected chi connectivity index (χ1v) is 7.12. The van der Waals surface area contributed by atoms with E-state index < -0.39 is 7.82 Å². The highest BCUT2D eigenvalue weighted by Crippen LogP contribution is 2.35. The van der Waals surface area contributed by atoms with E-state index in [0.29, 0.717) is 12.8 Å². The largest absolute Gasteiger partial charge is 0.469 e. The van der Waals surface area contributed by atoms with Gasteiger partial charge in [-0.2, -0.15) is 0 Å². The maximum absolute atomic E-state index is 10.6. The van der Waals surface area contributed by atoms with E-state index in [0.717, 1.165) is 32.1 Å². The molecule has 0 aliphatic heterocycles. The van der Waals surface area contributed by atoms with Crippen LogP contribution in [0.3, 0.4) is 0 Å². The minimum absolute atomic E-state index is 0.0667. The molecule has 0 heterocycles. The van der Waals surface area contributed by atoms with E-state index in [1.165, 1.54) is 0 Å². The number of hydrogen-bond acceptors (Lipinski definition) is 4. The van der Waals surface area contributed by atoms with Gasteiger partial charge < -0.3 is 9.79 Å². The van der Waals surface area contributed by atoms with Crippen LogP contribution in [0, 0.1) is 0 Å². The molecule has 0 aliphatic carbocycles. The number of rotatable bonds is 10. The van der Waals surface area contributed by atoms with Crippen molar-refractivity contribution in [1.29, 1.82) is 0 Å². The SMILES string of the molecule is O=C(CCCCCCCCOP(=O)(O)O)NO. The third-order valence-electron chi connectivity index (χ3n) is 2.18. The molecule has 0 spiro atoms. The van der Waals surface area contributed by atoms with Gasteiger partial charge in [-0.1, -0.05) is 25.7 Å². The average Bonchev–Trinajstić information content (AvgIpc) is 2.25. The zero-order valence-corrected chi connectivity index (χ0v) is 10.6. The summed E-state index contributed by atoms with van der Waals surface area (Å²) in [4.78, 5) is 27.4. The van der Waals surface area contributed by atoms with Gasteiger partial charge in [-0.3, -0.25) is 14.5 Å². The van der Waals surface area contributed by atoms with Crippen molar-refractivity contribution in [2.24, 2.45) is 0 Å². The molecule has 1 amide bonds. The summed E-state index contributed by atoms with van der Waals surface area (Å²) >= 11 is 0. The second kappa shape index (κ2) is 9.56. The Morgan fingerprint density at radius 3 is 2.12 bits per heavy atom. The minimum atomic E-state index is -4.31. The quantitative estimate of drug-likeness (QED) is 0.206. The van der Waals surface area contributed by atoms with Crippen molar-refractivity contribution >= 4 is 13.7 Å². The summed E-state index contributed by atoms with van der Waals surface area (Å²) in [5.74, 6) is -0.375. The fourth-order valence-corrected chi connectivity index (χ4v) is 1.70. The third kappa shape index (κ3) is 13.5. The van der Waals surface area contributed by atoms with Crippen LogP contribution in [-0.2, 0) is 13.9 Å². The zero-order chi connectivity index (χ0) is 13.1. The van der Waals surface area contributed by atoms with E-state index in [1.807, 2.05) is 0 Å². The predicted molar refractivity (Wildman–Crippen MR) is 60.2 cm³/mol. The number of amides is 1. The van der Waals surface area contributed by atoms with E-state index >= 15 is 0 Å². The summed E-state index contributed by atoms with van der Waals surface area (Å²) in [7, 11) is -4.31.